The minimum Gasteiger partial charge on any atom is -0.483 e. The summed E-state index contributed by atoms with van der Waals surface area (Å²) in [7, 11) is 0. The topological polar surface area (TPSA) is 77.1 Å². The summed E-state index contributed by atoms with van der Waals surface area (Å²) in [6.45, 7) is 6.33. The molecule has 1 fully saturated rings. The van der Waals surface area contributed by atoms with Crippen LogP contribution in [0.25, 0.3) is 0 Å². The van der Waals surface area contributed by atoms with Crippen molar-refractivity contribution < 1.29 is 14.6 Å². The molecule has 2 aliphatic rings. The molecule has 1 unspecified atom stereocenters. The molecular weight excluding hydrogens is 436 g/mol. The normalized spacial score (nSPS) is 19.1. The number of nitrogens with one attached hydrogen (secondary N) is 2. The second kappa shape index (κ2) is 12.4. The number of hydrogen-bond acceptors (Lipinski definition) is 7. The fourth-order valence-electron chi connectivity index (χ4n) is 4.25. The first-order valence-electron chi connectivity index (χ1n) is 11.8. The van der Waals surface area contributed by atoms with E-state index >= 15 is 0 Å². The fraction of sp³-hybridized carbons (Fsp3) is 0.480. The first-order chi connectivity index (χ1) is 16.2. The Morgan fingerprint density at radius 2 is 1.97 bits per heavy atom. The van der Waals surface area contributed by atoms with E-state index in [-0.39, 0.29) is 25.2 Å². The summed E-state index contributed by atoms with van der Waals surface area (Å²) < 4.78 is 8.07. The van der Waals surface area contributed by atoms with Gasteiger partial charge in [0.2, 0.25) is 0 Å². The smallest absolute Gasteiger partial charge is 0.257 e. The lowest BCUT2D eigenvalue weighted by Gasteiger charge is -2.31. The molecule has 0 aliphatic carbocycles. The number of hydrogen-bond donors (Lipinski definition) is 3. The van der Waals surface area contributed by atoms with Crippen LogP contribution in [0.3, 0.4) is 0 Å². The zero-order valence-electron chi connectivity index (χ0n) is 19.0. The number of amides is 1. The predicted molar refractivity (Wildman–Crippen MR) is 131 cm³/mol. The van der Waals surface area contributed by atoms with E-state index in [0.717, 1.165) is 57.0 Å². The van der Waals surface area contributed by atoms with Gasteiger partial charge in [-0.1, -0.05) is 36.4 Å². The van der Waals surface area contributed by atoms with Crippen LogP contribution in [0, 0.1) is 0 Å². The van der Waals surface area contributed by atoms with Gasteiger partial charge >= 0.3 is 0 Å². The van der Waals surface area contributed by atoms with E-state index in [0.29, 0.717) is 12.3 Å². The molecule has 0 bridgehead atoms. The van der Waals surface area contributed by atoms with E-state index in [1.54, 1.807) is 11.9 Å². The monoisotopic (exact) mass is 470 g/mol. The first-order valence-corrected chi connectivity index (χ1v) is 12.5. The van der Waals surface area contributed by atoms with Crippen molar-refractivity contribution in [2.24, 2.45) is 0 Å². The summed E-state index contributed by atoms with van der Waals surface area (Å²) in [6, 6.07) is 16.5. The number of aliphatic hydroxyl groups is 1. The molecule has 2 aromatic rings. The fourth-order valence-corrected chi connectivity index (χ4v) is 5.33. The van der Waals surface area contributed by atoms with Crippen molar-refractivity contribution in [1.82, 2.24) is 19.8 Å². The van der Waals surface area contributed by atoms with Crippen molar-refractivity contribution in [2.75, 3.05) is 52.5 Å². The Morgan fingerprint density at radius 1 is 1.15 bits per heavy atom. The van der Waals surface area contributed by atoms with Crippen LogP contribution in [0.4, 0.5) is 0 Å². The second-order valence-electron chi connectivity index (χ2n) is 8.55. The Morgan fingerprint density at radius 3 is 2.85 bits per heavy atom. The third-order valence-corrected chi connectivity index (χ3v) is 7.18. The van der Waals surface area contributed by atoms with Gasteiger partial charge in [-0.15, -0.1) is 0 Å². The van der Waals surface area contributed by atoms with Crippen molar-refractivity contribution in [3.05, 3.63) is 59.7 Å². The molecule has 0 saturated carbocycles. The quantitative estimate of drug-likeness (QED) is 0.362. The second-order valence-corrected chi connectivity index (χ2v) is 9.69. The maximum Gasteiger partial charge on any atom is 0.257 e. The van der Waals surface area contributed by atoms with Crippen molar-refractivity contribution in [2.45, 2.75) is 30.3 Å². The third-order valence-electron chi connectivity index (χ3n) is 6.06. The van der Waals surface area contributed by atoms with E-state index in [9.17, 15) is 9.90 Å². The van der Waals surface area contributed by atoms with E-state index in [4.69, 9.17) is 4.74 Å². The van der Waals surface area contributed by atoms with Gasteiger partial charge in [-0.3, -0.25) is 9.69 Å². The standard InChI is InChI=1S/C25H34N4O3S/c30-18-22-17-29(15-12-26-22)33-24-9-4-3-8-23(24)32-19-25(31)27-11-5-13-28-14-10-20-6-1-2-7-21(20)16-28/h1-4,6-9,22,26,30H,5,10-19H2,(H,27,31). The van der Waals surface area contributed by atoms with Crippen LogP contribution in [-0.2, 0) is 17.8 Å². The highest BCUT2D eigenvalue weighted by atomic mass is 32.2. The lowest BCUT2D eigenvalue weighted by molar-refractivity contribution is -0.123. The molecule has 7 nitrogen and oxygen atoms in total. The SMILES string of the molecule is O=C(COc1ccccc1SN1CCNC(CO)C1)NCCCN1CCc2ccccc2C1. The molecule has 2 aromatic carbocycles. The number of benzene rings is 2. The zero-order valence-corrected chi connectivity index (χ0v) is 19.9. The van der Waals surface area contributed by atoms with Gasteiger partial charge in [0.25, 0.3) is 5.91 Å². The molecule has 1 amide bonds. The molecule has 4 rings (SSSR count). The Kier molecular flexibility index (Phi) is 9.02. The van der Waals surface area contributed by atoms with E-state index in [2.05, 4.69) is 44.1 Å². The van der Waals surface area contributed by atoms with Crippen molar-refractivity contribution in [3.63, 3.8) is 0 Å². The van der Waals surface area contributed by atoms with Gasteiger partial charge in [-0.05, 0) is 48.0 Å². The molecule has 3 N–H and O–H groups in total. The van der Waals surface area contributed by atoms with Crippen LogP contribution in [0.15, 0.2) is 53.4 Å². The predicted octanol–water partition coefficient (Wildman–Crippen LogP) is 1.90. The number of fused-ring (bicyclic) bond motifs is 1. The Labute approximate surface area is 200 Å². The Balaban J connectivity index is 1.16. The maximum absolute atomic E-state index is 12.3. The molecule has 1 saturated heterocycles. The van der Waals surface area contributed by atoms with Gasteiger partial charge in [-0.25, -0.2) is 4.31 Å². The van der Waals surface area contributed by atoms with Crippen LogP contribution in [0.5, 0.6) is 5.75 Å². The van der Waals surface area contributed by atoms with Gasteiger partial charge in [0, 0.05) is 51.9 Å². The maximum atomic E-state index is 12.3. The number of ether oxygens (including phenoxy) is 1. The Hall–Kier alpha value is -2.10. The molecule has 178 valence electrons. The minimum atomic E-state index is -0.0960. The van der Waals surface area contributed by atoms with Crippen LogP contribution >= 0.6 is 11.9 Å². The summed E-state index contributed by atoms with van der Waals surface area (Å²) >= 11 is 1.61. The molecule has 0 spiro atoms. The molecule has 2 heterocycles. The zero-order chi connectivity index (χ0) is 22.9. The minimum absolute atomic E-state index is 0.00941. The lowest BCUT2D eigenvalue weighted by Crippen LogP contribution is -2.49. The summed E-state index contributed by atoms with van der Waals surface area (Å²) in [5, 5.41) is 15.7. The van der Waals surface area contributed by atoms with Crippen LogP contribution in [-0.4, -0.2) is 78.7 Å². The van der Waals surface area contributed by atoms with Crippen molar-refractivity contribution in [1.29, 1.82) is 0 Å². The number of carbonyl (C=O) groups excluding carboxylic acids is 1. The molecule has 2 aliphatic heterocycles. The number of para-hydroxylation sites is 1. The van der Waals surface area contributed by atoms with Crippen molar-refractivity contribution in [3.8, 4) is 5.75 Å². The molecule has 1 atom stereocenters. The highest BCUT2D eigenvalue weighted by molar-refractivity contribution is 7.97. The molecule has 0 radical (unpaired) electrons. The van der Waals surface area contributed by atoms with Crippen LogP contribution in [0.1, 0.15) is 17.5 Å². The van der Waals surface area contributed by atoms with Gasteiger partial charge in [-0.2, -0.15) is 0 Å². The van der Waals surface area contributed by atoms with Crippen molar-refractivity contribution >= 4 is 17.9 Å². The van der Waals surface area contributed by atoms with Gasteiger partial charge in [0.05, 0.1) is 11.5 Å². The van der Waals surface area contributed by atoms with Crippen LogP contribution < -0.4 is 15.4 Å². The van der Waals surface area contributed by atoms with Gasteiger partial charge in [0.15, 0.2) is 6.61 Å². The number of nitrogens with zero attached hydrogens (tertiary/aromatic N) is 2. The van der Waals surface area contributed by atoms with Gasteiger partial charge < -0.3 is 20.5 Å². The number of rotatable bonds is 10. The summed E-state index contributed by atoms with van der Waals surface area (Å²) in [6.07, 6.45) is 2.03. The highest BCUT2D eigenvalue weighted by Gasteiger charge is 2.20. The third kappa shape index (κ3) is 7.19. The molecule has 33 heavy (non-hydrogen) atoms. The number of aliphatic hydroxyl groups excluding tert-OH is 1. The van der Waals surface area contributed by atoms with Crippen LogP contribution in [0.2, 0.25) is 0 Å². The van der Waals surface area contributed by atoms with E-state index in [1.807, 2.05) is 24.3 Å². The number of piperazine rings is 1. The van der Waals surface area contributed by atoms with E-state index in [1.165, 1.54) is 11.1 Å². The molecular formula is C25H34N4O3S. The summed E-state index contributed by atoms with van der Waals surface area (Å²) in [5.41, 5.74) is 2.88. The first kappa shape index (κ1) is 24.0. The summed E-state index contributed by atoms with van der Waals surface area (Å²) in [5.74, 6) is 0.616. The van der Waals surface area contributed by atoms with E-state index < -0.39 is 0 Å². The summed E-state index contributed by atoms with van der Waals surface area (Å²) in [4.78, 5) is 15.7. The average Bonchev–Trinajstić information content (AvgIpc) is 2.86. The number of carbonyl (C=O) groups is 1. The van der Waals surface area contributed by atoms with Gasteiger partial charge in [0.1, 0.15) is 5.75 Å². The molecule has 8 heteroatoms. The largest absolute Gasteiger partial charge is 0.483 e. The Bertz CT molecular complexity index is 913. The molecule has 0 aromatic heterocycles. The lowest BCUT2D eigenvalue weighted by atomic mass is 10.00. The average molecular weight is 471 g/mol. The highest BCUT2D eigenvalue weighted by Crippen LogP contribution is 2.32.